The van der Waals surface area contributed by atoms with Crippen LogP contribution < -0.4 is 4.74 Å². The molecule has 0 aromatic heterocycles. The molecule has 1 unspecified atom stereocenters. The second-order valence-electron chi connectivity index (χ2n) is 4.54. The van der Waals surface area contributed by atoms with Gasteiger partial charge in [-0.2, -0.15) is 12.6 Å². The van der Waals surface area contributed by atoms with Crippen molar-refractivity contribution in [3.63, 3.8) is 0 Å². The van der Waals surface area contributed by atoms with Gasteiger partial charge in [-0.05, 0) is 42.2 Å². The highest BCUT2D eigenvalue weighted by Crippen LogP contribution is 2.22. The zero-order valence-corrected chi connectivity index (χ0v) is 11.9. The van der Waals surface area contributed by atoms with E-state index in [4.69, 9.17) is 4.74 Å². The topological polar surface area (TPSA) is 9.23 Å². The molecule has 0 bridgehead atoms. The maximum atomic E-state index is 5.69. The van der Waals surface area contributed by atoms with Gasteiger partial charge in [0.1, 0.15) is 5.75 Å². The van der Waals surface area contributed by atoms with Gasteiger partial charge in [-0.1, -0.05) is 38.8 Å². The van der Waals surface area contributed by atoms with E-state index >= 15 is 0 Å². The van der Waals surface area contributed by atoms with Crippen molar-refractivity contribution in [2.24, 2.45) is 0 Å². The Morgan fingerprint density at radius 1 is 1.18 bits per heavy atom. The van der Waals surface area contributed by atoms with E-state index in [2.05, 4.69) is 50.7 Å². The Hall–Kier alpha value is -0.630. The van der Waals surface area contributed by atoms with Gasteiger partial charge in [0.05, 0.1) is 6.61 Å². The number of hydrogen-bond acceptors (Lipinski definition) is 2. The normalized spacial score (nSPS) is 12.4. The fraction of sp³-hybridized carbons (Fsp3) is 0.600. The van der Waals surface area contributed by atoms with Crippen molar-refractivity contribution in [2.75, 3.05) is 12.4 Å². The molecular weight excluding hydrogens is 228 g/mol. The van der Waals surface area contributed by atoms with Crippen LogP contribution in [0.25, 0.3) is 0 Å². The van der Waals surface area contributed by atoms with Gasteiger partial charge in [-0.15, -0.1) is 0 Å². The standard InChI is InChI=1S/C15H24OS/c1-3-4-5-11-16-15-8-6-14(7-9-15)13(2)10-12-17/h6-9,13,17H,3-5,10-12H2,1-2H3. The fourth-order valence-electron chi connectivity index (χ4n) is 1.79. The molecule has 2 heteroatoms. The molecule has 0 aliphatic carbocycles. The average molecular weight is 252 g/mol. The van der Waals surface area contributed by atoms with Crippen LogP contribution in [0.2, 0.25) is 0 Å². The second-order valence-corrected chi connectivity index (χ2v) is 4.99. The molecule has 1 aromatic carbocycles. The van der Waals surface area contributed by atoms with Gasteiger partial charge in [0.25, 0.3) is 0 Å². The van der Waals surface area contributed by atoms with E-state index in [-0.39, 0.29) is 0 Å². The minimum absolute atomic E-state index is 0.585. The molecule has 96 valence electrons. The summed E-state index contributed by atoms with van der Waals surface area (Å²) in [5, 5.41) is 0. The van der Waals surface area contributed by atoms with E-state index in [1.54, 1.807) is 0 Å². The van der Waals surface area contributed by atoms with Gasteiger partial charge in [0, 0.05) is 0 Å². The minimum Gasteiger partial charge on any atom is -0.494 e. The fourth-order valence-corrected chi connectivity index (χ4v) is 2.18. The highest BCUT2D eigenvalue weighted by atomic mass is 32.1. The largest absolute Gasteiger partial charge is 0.494 e. The molecule has 1 nitrogen and oxygen atoms in total. The monoisotopic (exact) mass is 252 g/mol. The first-order valence-electron chi connectivity index (χ1n) is 6.61. The molecule has 0 aliphatic heterocycles. The van der Waals surface area contributed by atoms with Gasteiger partial charge in [-0.25, -0.2) is 0 Å². The van der Waals surface area contributed by atoms with Crippen LogP contribution in [0, 0.1) is 0 Å². The summed E-state index contributed by atoms with van der Waals surface area (Å²) in [7, 11) is 0. The predicted octanol–water partition coefficient (Wildman–Crippen LogP) is 4.68. The smallest absolute Gasteiger partial charge is 0.119 e. The maximum absolute atomic E-state index is 5.69. The van der Waals surface area contributed by atoms with Crippen molar-refractivity contribution >= 4 is 12.6 Å². The van der Waals surface area contributed by atoms with Crippen molar-refractivity contribution in [1.82, 2.24) is 0 Å². The van der Waals surface area contributed by atoms with E-state index in [1.807, 2.05) is 0 Å². The summed E-state index contributed by atoms with van der Waals surface area (Å²) in [5.74, 6) is 2.51. The average Bonchev–Trinajstić information content (AvgIpc) is 2.36. The first-order chi connectivity index (χ1) is 8.27. The molecule has 0 aliphatic rings. The van der Waals surface area contributed by atoms with Crippen LogP contribution in [0.1, 0.15) is 51.0 Å². The number of thiol groups is 1. The molecule has 0 amide bonds. The van der Waals surface area contributed by atoms with Crippen LogP contribution >= 0.6 is 12.6 Å². The summed E-state index contributed by atoms with van der Waals surface area (Å²) in [4.78, 5) is 0. The minimum atomic E-state index is 0.585. The van der Waals surface area contributed by atoms with E-state index < -0.39 is 0 Å². The van der Waals surface area contributed by atoms with Crippen LogP contribution in [0.3, 0.4) is 0 Å². The van der Waals surface area contributed by atoms with E-state index in [1.165, 1.54) is 18.4 Å². The summed E-state index contributed by atoms with van der Waals surface area (Å²) < 4.78 is 5.69. The van der Waals surface area contributed by atoms with Gasteiger partial charge < -0.3 is 4.74 Å². The van der Waals surface area contributed by atoms with Gasteiger partial charge in [0.15, 0.2) is 0 Å². The summed E-state index contributed by atoms with van der Waals surface area (Å²) in [6.45, 7) is 5.28. The molecule has 1 atom stereocenters. The maximum Gasteiger partial charge on any atom is 0.119 e. The van der Waals surface area contributed by atoms with E-state index in [0.29, 0.717) is 5.92 Å². The Bertz CT molecular complexity index is 294. The quantitative estimate of drug-likeness (QED) is 0.522. The number of hydrogen-bond donors (Lipinski definition) is 1. The predicted molar refractivity (Wildman–Crippen MR) is 78.3 cm³/mol. The third-order valence-corrected chi connectivity index (χ3v) is 3.29. The summed E-state index contributed by atoms with van der Waals surface area (Å²) in [6.07, 6.45) is 4.76. The number of unbranched alkanes of at least 4 members (excludes halogenated alkanes) is 2. The summed E-state index contributed by atoms with van der Waals surface area (Å²) >= 11 is 4.27. The lowest BCUT2D eigenvalue weighted by molar-refractivity contribution is 0.306. The Morgan fingerprint density at radius 3 is 2.47 bits per heavy atom. The molecule has 0 fully saturated rings. The molecule has 1 rings (SSSR count). The van der Waals surface area contributed by atoms with Crippen LogP contribution in [0.4, 0.5) is 0 Å². The molecule has 1 aromatic rings. The van der Waals surface area contributed by atoms with Gasteiger partial charge >= 0.3 is 0 Å². The van der Waals surface area contributed by atoms with Gasteiger partial charge in [-0.3, -0.25) is 0 Å². The Labute approximate surface area is 111 Å². The lowest BCUT2D eigenvalue weighted by Crippen LogP contribution is -1.98. The highest BCUT2D eigenvalue weighted by Gasteiger charge is 2.04. The first-order valence-corrected chi connectivity index (χ1v) is 7.24. The number of ether oxygens (including phenoxy) is 1. The third-order valence-electron chi connectivity index (χ3n) is 3.03. The van der Waals surface area contributed by atoms with Crippen LogP contribution in [-0.4, -0.2) is 12.4 Å². The summed E-state index contributed by atoms with van der Waals surface area (Å²) in [6, 6.07) is 8.50. The Morgan fingerprint density at radius 2 is 1.88 bits per heavy atom. The third kappa shape index (κ3) is 5.49. The molecule has 17 heavy (non-hydrogen) atoms. The molecule has 0 saturated heterocycles. The van der Waals surface area contributed by atoms with Gasteiger partial charge in [0.2, 0.25) is 0 Å². The van der Waals surface area contributed by atoms with Crippen LogP contribution in [0.15, 0.2) is 24.3 Å². The molecule has 0 saturated carbocycles. The second kappa shape index (κ2) is 8.46. The van der Waals surface area contributed by atoms with Crippen molar-refractivity contribution in [3.8, 4) is 5.75 Å². The molecular formula is C15H24OS. The lowest BCUT2D eigenvalue weighted by Gasteiger charge is -2.11. The van der Waals surface area contributed by atoms with Crippen molar-refractivity contribution in [2.45, 2.75) is 45.4 Å². The van der Waals surface area contributed by atoms with Crippen molar-refractivity contribution in [1.29, 1.82) is 0 Å². The van der Waals surface area contributed by atoms with Crippen molar-refractivity contribution < 1.29 is 4.74 Å². The van der Waals surface area contributed by atoms with E-state index in [0.717, 1.165) is 31.0 Å². The van der Waals surface area contributed by atoms with Crippen molar-refractivity contribution in [3.05, 3.63) is 29.8 Å². The van der Waals surface area contributed by atoms with Crippen LogP contribution in [0.5, 0.6) is 5.75 Å². The molecule has 0 radical (unpaired) electrons. The Kier molecular flexibility index (Phi) is 7.18. The lowest BCUT2D eigenvalue weighted by atomic mass is 9.99. The summed E-state index contributed by atoms with van der Waals surface area (Å²) in [5.41, 5.74) is 1.37. The zero-order chi connectivity index (χ0) is 12.5. The molecule has 0 N–H and O–H groups in total. The first kappa shape index (κ1) is 14.4. The molecule has 0 spiro atoms. The SMILES string of the molecule is CCCCCOc1ccc(C(C)CCS)cc1. The number of rotatable bonds is 8. The molecule has 0 heterocycles. The number of benzene rings is 1. The van der Waals surface area contributed by atoms with Crippen LogP contribution in [-0.2, 0) is 0 Å². The zero-order valence-electron chi connectivity index (χ0n) is 11.0. The Balaban J connectivity index is 2.39. The van der Waals surface area contributed by atoms with E-state index in [9.17, 15) is 0 Å². The highest BCUT2D eigenvalue weighted by molar-refractivity contribution is 7.80.